The summed E-state index contributed by atoms with van der Waals surface area (Å²) in [4.78, 5) is 57.3. The van der Waals surface area contributed by atoms with Crippen LogP contribution in [0.25, 0.3) is 0 Å². The van der Waals surface area contributed by atoms with Crippen molar-refractivity contribution in [2.45, 2.75) is 49.9 Å². The number of urea groups is 1. The topological polar surface area (TPSA) is 199 Å². The van der Waals surface area contributed by atoms with Gasteiger partial charge in [0, 0.05) is 24.0 Å². The molecule has 210 valence electrons. The molecule has 0 aliphatic carbocycles. The monoisotopic (exact) mass is 549 g/mol. The number of fused-ring (bicyclic) bond motifs is 1. The molecule has 0 bridgehead atoms. The lowest BCUT2D eigenvalue weighted by molar-refractivity contribution is -0.167. The summed E-state index contributed by atoms with van der Waals surface area (Å²) in [5.41, 5.74) is -1.63. The number of carboxylic acids is 1. The van der Waals surface area contributed by atoms with Gasteiger partial charge in [0.1, 0.15) is 18.6 Å². The lowest BCUT2D eigenvalue weighted by atomic mass is 9.93. The Labute approximate surface area is 218 Å². The van der Waals surface area contributed by atoms with Crippen LogP contribution in [0.5, 0.6) is 0 Å². The highest BCUT2D eigenvalue weighted by atomic mass is 32.2. The van der Waals surface area contributed by atoms with Gasteiger partial charge in [-0.05, 0) is 19.8 Å². The number of nitrogens with one attached hydrogen (secondary N) is 3. The summed E-state index contributed by atoms with van der Waals surface area (Å²) >= 11 is 1.85. The van der Waals surface area contributed by atoms with Crippen LogP contribution in [0.2, 0.25) is 0 Å². The average Bonchev–Trinajstić information content (AvgIpc) is 3.42. The van der Waals surface area contributed by atoms with Crippen molar-refractivity contribution < 1.29 is 53.1 Å². The van der Waals surface area contributed by atoms with Crippen LogP contribution in [0, 0.1) is 5.41 Å². The number of amides is 3. The van der Waals surface area contributed by atoms with Crippen LogP contribution in [0.4, 0.5) is 9.59 Å². The van der Waals surface area contributed by atoms with Crippen LogP contribution in [-0.4, -0.2) is 110 Å². The summed E-state index contributed by atoms with van der Waals surface area (Å²) < 4.78 is 19.4. The summed E-state index contributed by atoms with van der Waals surface area (Å²) in [6.07, 6.45) is 1.91. The van der Waals surface area contributed by atoms with Crippen LogP contribution in [0.15, 0.2) is 0 Å². The molecule has 2 aliphatic heterocycles. The quantitative estimate of drug-likeness (QED) is 0.0897. The molecule has 0 spiro atoms. The number of hydrogen-bond donors (Lipinski definition) is 5. The number of thioether (sulfide) groups is 1. The normalized spacial score (nSPS) is 21.7. The Kier molecular flexibility index (Phi) is 12.7. The minimum atomic E-state index is -1.63. The van der Waals surface area contributed by atoms with E-state index in [4.69, 9.17) is 19.3 Å². The second-order valence-corrected chi connectivity index (χ2v) is 10.2. The first-order chi connectivity index (χ1) is 17.6. The Bertz CT molecular complexity index is 815. The number of aliphatic carboxylic acids is 1. The molecule has 0 saturated carbocycles. The number of rotatable bonds is 17. The van der Waals surface area contributed by atoms with Crippen molar-refractivity contribution in [3.63, 3.8) is 0 Å². The maximum atomic E-state index is 11.9. The minimum absolute atomic E-state index is 0.0511. The molecule has 2 rings (SSSR count). The van der Waals surface area contributed by atoms with E-state index < -0.39 is 43.3 Å². The molecule has 5 N–H and O–H groups in total. The van der Waals surface area contributed by atoms with Crippen molar-refractivity contribution in [2.24, 2.45) is 5.41 Å². The van der Waals surface area contributed by atoms with E-state index in [1.54, 1.807) is 0 Å². The molecule has 1 unspecified atom stereocenters. The summed E-state index contributed by atoms with van der Waals surface area (Å²) in [5, 5.41) is 26.9. The summed E-state index contributed by atoms with van der Waals surface area (Å²) in [5.74, 6) is -1.56. The number of aliphatic hydroxyl groups excluding tert-OH is 1. The molecule has 37 heavy (non-hydrogen) atoms. The standard InChI is InChI=1S/C22H35N3O11S/c1-22(12-26,19(30)35-10-17(28)29)13-36-21(32)34-9-8-33-7-6-23-16(27)5-3-2-4-15-18-14(11-37-15)24-20(31)25-18/h14-15,18,26H,2-13H2,1H3,(H,23,27)(H,28,29)(H2,24,25,31)/t14-,15-,18-,22?/m0/s1. The summed E-state index contributed by atoms with van der Waals surface area (Å²) in [7, 11) is 0. The van der Waals surface area contributed by atoms with E-state index in [1.807, 2.05) is 11.8 Å². The Morgan fingerprint density at radius 2 is 1.89 bits per heavy atom. The molecule has 0 aromatic carbocycles. The van der Waals surface area contributed by atoms with Gasteiger partial charge in [-0.2, -0.15) is 11.8 Å². The van der Waals surface area contributed by atoms with E-state index in [-0.39, 0.29) is 43.8 Å². The highest BCUT2D eigenvalue weighted by Crippen LogP contribution is 2.33. The Hall–Kier alpha value is -2.78. The number of hydrogen-bond acceptors (Lipinski definition) is 11. The van der Waals surface area contributed by atoms with Crippen molar-refractivity contribution in [2.75, 3.05) is 51.9 Å². The molecule has 2 saturated heterocycles. The van der Waals surface area contributed by atoms with E-state index in [2.05, 4.69) is 20.7 Å². The fraction of sp³-hybridized carbons (Fsp3) is 0.773. The van der Waals surface area contributed by atoms with E-state index in [1.165, 1.54) is 6.92 Å². The molecule has 2 fully saturated rings. The van der Waals surface area contributed by atoms with Crippen LogP contribution in [-0.2, 0) is 33.3 Å². The lowest BCUT2D eigenvalue weighted by Gasteiger charge is -2.23. The van der Waals surface area contributed by atoms with Crippen molar-refractivity contribution in [3.05, 3.63) is 0 Å². The summed E-state index contributed by atoms with van der Waals surface area (Å²) in [6, 6.07) is 0.268. The van der Waals surface area contributed by atoms with Gasteiger partial charge in [0.25, 0.3) is 0 Å². The molecular formula is C22H35N3O11S. The minimum Gasteiger partial charge on any atom is -0.479 e. The number of carbonyl (C=O) groups is 5. The Morgan fingerprint density at radius 1 is 1.11 bits per heavy atom. The molecule has 4 atom stereocenters. The van der Waals surface area contributed by atoms with Crippen LogP contribution >= 0.6 is 11.8 Å². The molecule has 0 aromatic heterocycles. The Morgan fingerprint density at radius 3 is 2.62 bits per heavy atom. The number of esters is 1. The van der Waals surface area contributed by atoms with Gasteiger partial charge in [-0.25, -0.2) is 14.4 Å². The number of ether oxygens (including phenoxy) is 4. The van der Waals surface area contributed by atoms with Gasteiger partial charge in [0.15, 0.2) is 6.61 Å². The molecule has 2 aliphatic rings. The number of aliphatic hydroxyl groups is 1. The first-order valence-electron chi connectivity index (χ1n) is 12.0. The van der Waals surface area contributed by atoms with E-state index in [9.17, 15) is 29.1 Å². The number of unbranched alkanes of at least 4 members (excludes halogenated alkanes) is 1. The maximum absolute atomic E-state index is 11.9. The second-order valence-electron chi connectivity index (χ2n) is 8.91. The third-order valence-electron chi connectivity index (χ3n) is 5.77. The predicted molar refractivity (Wildman–Crippen MR) is 129 cm³/mol. The van der Waals surface area contributed by atoms with E-state index in [0.717, 1.165) is 25.0 Å². The van der Waals surface area contributed by atoms with Gasteiger partial charge in [0.05, 0.1) is 31.9 Å². The van der Waals surface area contributed by atoms with Crippen molar-refractivity contribution in [3.8, 4) is 0 Å². The van der Waals surface area contributed by atoms with Crippen LogP contribution < -0.4 is 16.0 Å². The Balaban J connectivity index is 1.44. The van der Waals surface area contributed by atoms with Crippen LogP contribution in [0.1, 0.15) is 32.6 Å². The van der Waals surface area contributed by atoms with Gasteiger partial charge >= 0.3 is 24.1 Å². The van der Waals surface area contributed by atoms with Gasteiger partial charge in [-0.3, -0.25) is 9.59 Å². The zero-order chi connectivity index (χ0) is 27.3. The van der Waals surface area contributed by atoms with Crippen molar-refractivity contribution >= 4 is 41.8 Å². The van der Waals surface area contributed by atoms with Crippen molar-refractivity contribution in [1.29, 1.82) is 0 Å². The first-order valence-corrected chi connectivity index (χ1v) is 13.0. The lowest BCUT2D eigenvalue weighted by Crippen LogP contribution is -2.39. The highest BCUT2D eigenvalue weighted by molar-refractivity contribution is 8.00. The molecule has 0 radical (unpaired) electrons. The third kappa shape index (κ3) is 10.6. The van der Waals surface area contributed by atoms with Gasteiger partial charge < -0.3 is 45.1 Å². The van der Waals surface area contributed by atoms with Gasteiger partial charge in [0.2, 0.25) is 5.91 Å². The first kappa shape index (κ1) is 30.4. The van der Waals surface area contributed by atoms with Crippen molar-refractivity contribution in [1.82, 2.24) is 16.0 Å². The molecule has 0 aromatic rings. The second kappa shape index (κ2) is 15.5. The predicted octanol–water partition coefficient (Wildman–Crippen LogP) is -0.375. The fourth-order valence-corrected chi connectivity index (χ4v) is 5.19. The van der Waals surface area contributed by atoms with Crippen LogP contribution in [0.3, 0.4) is 0 Å². The zero-order valence-corrected chi connectivity index (χ0v) is 21.5. The number of carbonyl (C=O) groups excluding carboxylic acids is 4. The third-order valence-corrected chi connectivity index (χ3v) is 7.28. The molecule has 14 nitrogen and oxygen atoms in total. The largest absolute Gasteiger partial charge is 0.508 e. The molecular weight excluding hydrogens is 514 g/mol. The van der Waals surface area contributed by atoms with Gasteiger partial charge in [-0.1, -0.05) is 6.42 Å². The summed E-state index contributed by atoms with van der Waals surface area (Å²) in [6.45, 7) is -0.490. The fourth-order valence-electron chi connectivity index (χ4n) is 3.64. The van der Waals surface area contributed by atoms with Gasteiger partial charge in [-0.15, -0.1) is 0 Å². The molecule has 2 heterocycles. The maximum Gasteiger partial charge on any atom is 0.508 e. The SMILES string of the molecule is CC(CO)(COC(=O)OCCOCCNC(=O)CCCC[C@@H]1SC[C@@H]2NC(=O)N[C@@H]21)C(=O)OCC(=O)O. The smallest absolute Gasteiger partial charge is 0.479 e. The highest BCUT2D eigenvalue weighted by Gasteiger charge is 2.42. The number of carboxylic acid groups (broad SMARTS) is 1. The molecule has 15 heteroatoms. The average molecular weight is 550 g/mol. The zero-order valence-electron chi connectivity index (χ0n) is 20.7. The van der Waals surface area contributed by atoms with E-state index >= 15 is 0 Å². The molecule has 3 amide bonds. The van der Waals surface area contributed by atoms with E-state index in [0.29, 0.717) is 18.2 Å².